The molecule has 1 aromatic heterocycles. The third kappa shape index (κ3) is 4.43. The Morgan fingerprint density at radius 1 is 1.24 bits per heavy atom. The second-order valence-electron chi connectivity index (χ2n) is 8.24. The summed E-state index contributed by atoms with van der Waals surface area (Å²) in [4.78, 5) is 12.3. The van der Waals surface area contributed by atoms with Crippen molar-refractivity contribution >= 4 is 17.0 Å². The van der Waals surface area contributed by atoms with Gasteiger partial charge in [-0.2, -0.15) is 0 Å². The molecule has 1 aliphatic carbocycles. The molecule has 1 N–H and O–H groups in total. The minimum Gasteiger partial charge on any atom is -0.443 e. The van der Waals surface area contributed by atoms with E-state index in [0.717, 1.165) is 22.9 Å². The predicted octanol–water partition coefficient (Wildman–Crippen LogP) is 5.43. The number of fused-ring (bicyclic) bond motifs is 1. The molecule has 1 atom stereocenters. The fourth-order valence-corrected chi connectivity index (χ4v) is 3.71. The average molecular weight is 343 g/mol. The van der Waals surface area contributed by atoms with Crippen LogP contribution in [0.2, 0.25) is 0 Å². The molecule has 2 aromatic rings. The van der Waals surface area contributed by atoms with Crippen LogP contribution in [0.1, 0.15) is 71.0 Å². The molecule has 1 fully saturated rings. The Morgan fingerprint density at radius 2 is 1.96 bits per heavy atom. The zero-order valence-electron chi connectivity index (χ0n) is 15.5. The van der Waals surface area contributed by atoms with E-state index in [9.17, 15) is 9.90 Å². The average Bonchev–Trinajstić information content (AvgIpc) is 2.97. The van der Waals surface area contributed by atoms with Gasteiger partial charge in [-0.25, -0.2) is 4.79 Å². The topological polar surface area (TPSA) is 51.5 Å². The molecule has 4 heteroatoms. The van der Waals surface area contributed by atoms with Gasteiger partial charge in [-0.3, -0.25) is 4.57 Å². The maximum absolute atomic E-state index is 12.3. The van der Waals surface area contributed by atoms with Crippen molar-refractivity contribution in [3.05, 3.63) is 36.0 Å². The lowest BCUT2D eigenvalue weighted by Crippen LogP contribution is -2.26. The minimum absolute atomic E-state index is 0.377. The first-order chi connectivity index (χ1) is 11.8. The fraction of sp³-hybridized carbons (Fsp3) is 0.571. The number of aromatic nitrogens is 1. The third-order valence-corrected chi connectivity index (χ3v) is 4.97. The van der Waals surface area contributed by atoms with E-state index in [-0.39, 0.29) is 6.09 Å². The summed E-state index contributed by atoms with van der Waals surface area (Å²) in [5.41, 5.74) is 1.21. The van der Waals surface area contributed by atoms with E-state index in [1.807, 2.05) is 45.0 Å². The number of aliphatic hydroxyl groups excluding tert-OH is 1. The van der Waals surface area contributed by atoms with Crippen LogP contribution in [0.15, 0.2) is 30.5 Å². The van der Waals surface area contributed by atoms with E-state index in [2.05, 4.69) is 0 Å². The predicted molar refractivity (Wildman–Crippen MR) is 99.7 cm³/mol. The highest BCUT2D eigenvalue weighted by atomic mass is 16.6. The summed E-state index contributed by atoms with van der Waals surface area (Å²) in [6.07, 6.45) is 8.12. The summed E-state index contributed by atoms with van der Waals surface area (Å²) >= 11 is 0. The maximum Gasteiger partial charge on any atom is 0.418 e. The summed E-state index contributed by atoms with van der Waals surface area (Å²) in [7, 11) is 0. The van der Waals surface area contributed by atoms with Crippen LogP contribution in [0.25, 0.3) is 10.9 Å². The lowest BCUT2D eigenvalue weighted by molar-refractivity contribution is 0.0544. The molecule has 1 unspecified atom stereocenters. The molecule has 0 amide bonds. The van der Waals surface area contributed by atoms with E-state index < -0.39 is 11.7 Å². The number of nitrogens with zero attached hydrogens (tertiary/aromatic N) is 1. The van der Waals surface area contributed by atoms with Gasteiger partial charge in [-0.15, -0.1) is 0 Å². The van der Waals surface area contributed by atoms with Crippen molar-refractivity contribution < 1.29 is 14.6 Å². The molecular weight excluding hydrogens is 314 g/mol. The van der Waals surface area contributed by atoms with E-state index >= 15 is 0 Å². The number of benzene rings is 1. The van der Waals surface area contributed by atoms with Gasteiger partial charge >= 0.3 is 6.09 Å². The van der Waals surface area contributed by atoms with Crippen molar-refractivity contribution in [3.8, 4) is 0 Å². The number of carbonyl (C=O) groups is 1. The molecule has 1 saturated carbocycles. The molecular formula is C21H29NO3. The number of hydrogen-bond donors (Lipinski definition) is 1. The molecule has 0 saturated heterocycles. The minimum atomic E-state index is -0.524. The molecule has 3 rings (SSSR count). The molecule has 1 aromatic carbocycles. The van der Waals surface area contributed by atoms with Crippen molar-refractivity contribution in [2.45, 2.75) is 71.0 Å². The van der Waals surface area contributed by atoms with Crippen LogP contribution in [-0.4, -0.2) is 21.4 Å². The molecule has 1 aliphatic rings. The molecule has 0 radical (unpaired) electrons. The zero-order chi connectivity index (χ0) is 18.0. The summed E-state index contributed by atoms with van der Waals surface area (Å²) in [6.45, 7) is 5.57. The smallest absolute Gasteiger partial charge is 0.418 e. The lowest BCUT2D eigenvalue weighted by atomic mass is 9.84. The largest absolute Gasteiger partial charge is 0.443 e. The molecule has 25 heavy (non-hydrogen) atoms. The zero-order valence-corrected chi connectivity index (χ0v) is 15.5. The Morgan fingerprint density at radius 3 is 2.64 bits per heavy atom. The summed E-state index contributed by atoms with van der Waals surface area (Å²) in [6, 6.07) is 7.72. The van der Waals surface area contributed by atoms with Crippen LogP contribution in [0.5, 0.6) is 0 Å². The number of ether oxygens (including phenoxy) is 1. The first-order valence-corrected chi connectivity index (χ1v) is 9.36. The van der Waals surface area contributed by atoms with Gasteiger partial charge in [0.25, 0.3) is 0 Å². The first kappa shape index (κ1) is 18.0. The van der Waals surface area contributed by atoms with Gasteiger partial charge in [0.1, 0.15) is 5.60 Å². The van der Waals surface area contributed by atoms with Gasteiger partial charge in [0.2, 0.25) is 0 Å². The molecule has 4 nitrogen and oxygen atoms in total. The van der Waals surface area contributed by atoms with Gasteiger partial charge < -0.3 is 9.84 Å². The molecule has 0 spiro atoms. The Bertz CT molecular complexity index is 735. The lowest BCUT2D eigenvalue weighted by Gasteiger charge is -2.24. The van der Waals surface area contributed by atoms with E-state index in [4.69, 9.17) is 4.74 Å². The summed E-state index contributed by atoms with van der Waals surface area (Å²) < 4.78 is 6.97. The fourth-order valence-electron chi connectivity index (χ4n) is 3.71. The van der Waals surface area contributed by atoms with E-state index in [1.54, 1.807) is 6.20 Å². The first-order valence-electron chi connectivity index (χ1n) is 9.36. The highest BCUT2D eigenvalue weighted by Crippen LogP contribution is 2.33. The SMILES string of the molecule is CC(C)(C)OC(=O)n1ccc2cc(C(O)CC3CCCCC3)ccc21. The van der Waals surface area contributed by atoms with Gasteiger partial charge in [0.15, 0.2) is 0 Å². The Labute approximate surface area is 149 Å². The molecule has 136 valence electrons. The van der Waals surface area contributed by atoms with Gasteiger partial charge in [0, 0.05) is 11.6 Å². The van der Waals surface area contributed by atoms with E-state index in [1.165, 1.54) is 36.7 Å². The Balaban J connectivity index is 1.75. The van der Waals surface area contributed by atoms with Gasteiger partial charge in [-0.1, -0.05) is 38.2 Å². The highest BCUT2D eigenvalue weighted by Gasteiger charge is 2.21. The maximum atomic E-state index is 12.3. The van der Waals surface area contributed by atoms with Gasteiger partial charge in [0.05, 0.1) is 11.6 Å². The second-order valence-corrected chi connectivity index (χ2v) is 8.24. The highest BCUT2D eigenvalue weighted by molar-refractivity contribution is 5.90. The Kier molecular flexibility index (Phi) is 5.19. The monoisotopic (exact) mass is 343 g/mol. The van der Waals surface area contributed by atoms with Crippen LogP contribution in [0, 0.1) is 5.92 Å². The van der Waals surface area contributed by atoms with E-state index in [0.29, 0.717) is 5.92 Å². The number of hydrogen-bond acceptors (Lipinski definition) is 3. The second kappa shape index (κ2) is 7.20. The molecule has 1 heterocycles. The normalized spacial score (nSPS) is 17.6. The van der Waals surface area contributed by atoms with Crippen LogP contribution >= 0.6 is 0 Å². The van der Waals surface area contributed by atoms with Crippen molar-refractivity contribution in [2.75, 3.05) is 0 Å². The number of aliphatic hydroxyl groups is 1. The van der Waals surface area contributed by atoms with Crippen LogP contribution < -0.4 is 0 Å². The van der Waals surface area contributed by atoms with Crippen LogP contribution in [0.4, 0.5) is 4.79 Å². The van der Waals surface area contributed by atoms with Crippen LogP contribution in [0.3, 0.4) is 0 Å². The third-order valence-electron chi connectivity index (χ3n) is 4.97. The van der Waals surface area contributed by atoms with Crippen molar-refractivity contribution in [1.82, 2.24) is 4.57 Å². The number of carbonyl (C=O) groups excluding carboxylic acids is 1. The standard InChI is InChI=1S/C21H29NO3/c1-21(2,3)25-20(24)22-12-11-16-14-17(9-10-18(16)22)19(23)13-15-7-5-4-6-8-15/h9-12,14-15,19,23H,4-8,13H2,1-3H3. The van der Waals surface area contributed by atoms with Crippen molar-refractivity contribution in [2.24, 2.45) is 5.92 Å². The van der Waals surface area contributed by atoms with Crippen LogP contribution in [-0.2, 0) is 4.74 Å². The van der Waals surface area contributed by atoms with Gasteiger partial charge in [-0.05, 0) is 56.9 Å². The Hall–Kier alpha value is -1.81. The summed E-state index contributed by atoms with van der Waals surface area (Å²) in [5, 5.41) is 11.6. The number of rotatable bonds is 3. The molecule has 0 aliphatic heterocycles. The molecule has 0 bridgehead atoms. The summed E-state index contributed by atoms with van der Waals surface area (Å²) in [5.74, 6) is 0.630. The quantitative estimate of drug-likeness (QED) is 0.808. The van der Waals surface area contributed by atoms with Crippen molar-refractivity contribution in [3.63, 3.8) is 0 Å². The van der Waals surface area contributed by atoms with Crippen molar-refractivity contribution in [1.29, 1.82) is 0 Å².